The molecule has 0 aliphatic rings. The molecular formula is C28H36O4. The largest absolute Gasteiger partial charge is 0.493 e. The molecule has 2 rings (SSSR count). The third-order valence-electron chi connectivity index (χ3n) is 4.71. The molecule has 0 atom stereocenters. The quantitative estimate of drug-likeness (QED) is 0.204. The van der Waals surface area contributed by atoms with Gasteiger partial charge in [0.05, 0.1) is 13.2 Å². The van der Waals surface area contributed by atoms with Crippen molar-refractivity contribution in [3.63, 3.8) is 0 Å². The third-order valence-corrected chi connectivity index (χ3v) is 4.71. The highest BCUT2D eigenvalue weighted by Crippen LogP contribution is 2.38. The van der Waals surface area contributed by atoms with Gasteiger partial charge < -0.3 is 14.2 Å². The van der Waals surface area contributed by atoms with Gasteiger partial charge in [-0.1, -0.05) is 53.3 Å². The number of rotatable bonds is 12. The number of carbonyl (C=O) groups is 1. The summed E-state index contributed by atoms with van der Waals surface area (Å²) in [6.45, 7) is 15.9. The summed E-state index contributed by atoms with van der Waals surface area (Å²) in [5.74, 6) is 2.19. The van der Waals surface area contributed by atoms with Crippen LogP contribution in [0.15, 0.2) is 55.1 Å². The molecule has 0 aliphatic heterocycles. The molecule has 0 fully saturated rings. The topological polar surface area (TPSA) is 44.8 Å². The molecule has 2 aromatic rings. The molecular weight excluding hydrogens is 400 g/mol. The van der Waals surface area contributed by atoms with Crippen molar-refractivity contribution in [2.75, 3.05) is 19.8 Å². The van der Waals surface area contributed by atoms with E-state index >= 15 is 0 Å². The van der Waals surface area contributed by atoms with E-state index in [4.69, 9.17) is 14.2 Å². The van der Waals surface area contributed by atoms with Crippen LogP contribution in [0.5, 0.6) is 17.2 Å². The van der Waals surface area contributed by atoms with Gasteiger partial charge in [0, 0.05) is 17.2 Å². The molecule has 4 nitrogen and oxygen atoms in total. The maximum absolute atomic E-state index is 12.8. The van der Waals surface area contributed by atoms with Crippen LogP contribution in [0.3, 0.4) is 0 Å². The standard InChI is InChI=1S/C28H36O4/c1-7-16-30-23-13-10-21(11-14-23)25(29)15-12-22-19-24(31-17-8-2)20-26(32-18-9-3)27(22)28(4,5)6/h7,10-15,19-20H,1,8-9,16-18H2,2-6H3/b15-12+. The molecule has 0 aliphatic carbocycles. The smallest absolute Gasteiger partial charge is 0.185 e. The third kappa shape index (κ3) is 7.30. The van der Waals surface area contributed by atoms with Crippen molar-refractivity contribution in [1.82, 2.24) is 0 Å². The molecule has 0 bridgehead atoms. The van der Waals surface area contributed by atoms with Crippen molar-refractivity contribution in [2.24, 2.45) is 0 Å². The molecule has 0 spiro atoms. The van der Waals surface area contributed by atoms with Gasteiger partial charge in [-0.15, -0.1) is 0 Å². The van der Waals surface area contributed by atoms with Gasteiger partial charge in [-0.25, -0.2) is 0 Å². The van der Waals surface area contributed by atoms with Crippen LogP contribution in [0.1, 0.15) is 68.9 Å². The van der Waals surface area contributed by atoms with Crippen LogP contribution < -0.4 is 14.2 Å². The van der Waals surface area contributed by atoms with Gasteiger partial charge in [-0.2, -0.15) is 0 Å². The molecule has 172 valence electrons. The highest BCUT2D eigenvalue weighted by Gasteiger charge is 2.24. The second kappa shape index (κ2) is 12.1. The molecule has 0 heterocycles. The van der Waals surface area contributed by atoms with Crippen LogP contribution in [-0.2, 0) is 5.41 Å². The van der Waals surface area contributed by atoms with Crippen LogP contribution >= 0.6 is 0 Å². The molecule has 32 heavy (non-hydrogen) atoms. The predicted molar refractivity (Wildman–Crippen MR) is 132 cm³/mol. The summed E-state index contributed by atoms with van der Waals surface area (Å²) in [4.78, 5) is 12.8. The Morgan fingerprint density at radius 1 is 0.938 bits per heavy atom. The minimum atomic E-state index is -0.167. The van der Waals surface area contributed by atoms with Gasteiger partial charge in [0.15, 0.2) is 5.78 Å². The van der Waals surface area contributed by atoms with Crippen LogP contribution in [0.2, 0.25) is 0 Å². The zero-order valence-electron chi connectivity index (χ0n) is 20.1. The highest BCUT2D eigenvalue weighted by molar-refractivity contribution is 6.07. The van der Waals surface area contributed by atoms with Crippen molar-refractivity contribution in [3.05, 3.63) is 71.8 Å². The van der Waals surface area contributed by atoms with Crippen LogP contribution in [-0.4, -0.2) is 25.6 Å². The van der Waals surface area contributed by atoms with Gasteiger partial charge in [-0.3, -0.25) is 4.79 Å². The number of carbonyl (C=O) groups excluding carboxylic acids is 1. The molecule has 2 aromatic carbocycles. The van der Waals surface area contributed by atoms with E-state index in [0.717, 1.165) is 35.5 Å². The molecule has 0 saturated carbocycles. The Morgan fingerprint density at radius 2 is 1.59 bits per heavy atom. The van der Waals surface area contributed by atoms with Crippen LogP contribution in [0.4, 0.5) is 0 Å². The zero-order chi connectivity index (χ0) is 23.6. The summed E-state index contributed by atoms with van der Waals surface area (Å²) in [5, 5.41) is 0. The van der Waals surface area contributed by atoms with Crippen molar-refractivity contribution in [1.29, 1.82) is 0 Å². The average molecular weight is 437 g/mol. The molecule has 0 aromatic heterocycles. The van der Waals surface area contributed by atoms with E-state index in [-0.39, 0.29) is 11.2 Å². The lowest BCUT2D eigenvalue weighted by Crippen LogP contribution is -2.16. The van der Waals surface area contributed by atoms with Crippen molar-refractivity contribution >= 4 is 11.9 Å². The molecule has 0 saturated heterocycles. The minimum Gasteiger partial charge on any atom is -0.493 e. The molecule has 0 amide bonds. The first-order valence-corrected chi connectivity index (χ1v) is 11.3. The van der Waals surface area contributed by atoms with Gasteiger partial charge in [0.1, 0.15) is 23.9 Å². The first kappa shape index (κ1) is 25.3. The lowest BCUT2D eigenvalue weighted by atomic mass is 9.82. The summed E-state index contributed by atoms with van der Waals surface area (Å²) in [5.41, 5.74) is 2.42. The Kier molecular flexibility index (Phi) is 9.58. The summed E-state index contributed by atoms with van der Waals surface area (Å²) in [6.07, 6.45) is 6.99. The Bertz CT molecular complexity index is 918. The number of hydrogen-bond acceptors (Lipinski definition) is 4. The normalized spacial score (nSPS) is 11.4. The number of benzene rings is 2. The highest BCUT2D eigenvalue weighted by atomic mass is 16.5. The Hall–Kier alpha value is -3.01. The van der Waals surface area contributed by atoms with E-state index in [1.165, 1.54) is 0 Å². The summed E-state index contributed by atoms with van der Waals surface area (Å²) < 4.78 is 17.5. The van der Waals surface area contributed by atoms with Crippen LogP contribution in [0.25, 0.3) is 6.08 Å². The SMILES string of the molecule is C=CCOc1ccc(C(=O)/C=C/c2cc(OCCC)cc(OCCC)c2C(C)(C)C)cc1. The maximum Gasteiger partial charge on any atom is 0.185 e. The average Bonchev–Trinajstić information content (AvgIpc) is 2.77. The van der Waals surface area contributed by atoms with E-state index in [1.54, 1.807) is 36.4 Å². The second-order valence-corrected chi connectivity index (χ2v) is 8.65. The number of ether oxygens (including phenoxy) is 3. The summed E-state index contributed by atoms with van der Waals surface area (Å²) in [6, 6.07) is 11.1. The van der Waals surface area contributed by atoms with Crippen molar-refractivity contribution < 1.29 is 19.0 Å². The van der Waals surface area contributed by atoms with Crippen molar-refractivity contribution in [3.8, 4) is 17.2 Å². The number of ketones is 1. The fraction of sp³-hybridized carbons (Fsp3) is 0.393. The van der Waals surface area contributed by atoms with Gasteiger partial charge in [0.25, 0.3) is 0 Å². The lowest BCUT2D eigenvalue weighted by molar-refractivity contribution is 0.104. The van der Waals surface area contributed by atoms with Crippen molar-refractivity contribution in [2.45, 2.75) is 52.9 Å². The monoisotopic (exact) mass is 436 g/mol. The Labute approximate surface area is 192 Å². The van der Waals surface area contributed by atoms with E-state index in [9.17, 15) is 4.79 Å². The number of hydrogen-bond donors (Lipinski definition) is 0. The molecule has 0 N–H and O–H groups in total. The summed E-state index contributed by atoms with van der Waals surface area (Å²) in [7, 11) is 0. The number of allylic oxidation sites excluding steroid dienone is 1. The van der Waals surface area contributed by atoms with E-state index < -0.39 is 0 Å². The minimum absolute atomic E-state index is 0.0731. The lowest BCUT2D eigenvalue weighted by Gasteiger charge is -2.26. The fourth-order valence-electron chi connectivity index (χ4n) is 3.31. The summed E-state index contributed by atoms with van der Waals surface area (Å²) >= 11 is 0. The Balaban J connectivity index is 2.38. The van der Waals surface area contributed by atoms with Gasteiger partial charge in [-0.05, 0) is 60.2 Å². The molecule has 4 heteroatoms. The van der Waals surface area contributed by atoms with E-state index in [2.05, 4.69) is 41.2 Å². The first-order valence-electron chi connectivity index (χ1n) is 11.3. The van der Waals surface area contributed by atoms with Gasteiger partial charge in [0.2, 0.25) is 0 Å². The zero-order valence-corrected chi connectivity index (χ0v) is 20.1. The second-order valence-electron chi connectivity index (χ2n) is 8.65. The fourth-order valence-corrected chi connectivity index (χ4v) is 3.31. The van der Waals surface area contributed by atoms with Gasteiger partial charge >= 0.3 is 0 Å². The molecule has 0 unspecified atom stereocenters. The first-order chi connectivity index (χ1) is 15.3. The van der Waals surface area contributed by atoms with E-state index in [1.807, 2.05) is 18.2 Å². The maximum atomic E-state index is 12.8. The Morgan fingerprint density at radius 3 is 2.19 bits per heavy atom. The van der Waals surface area contributed by atoms with E-state index in [0.29, 0.717) is 31.1 Å². The predicted octanol–water partition coefficient (Wildman–Crippen LogP) is 7.02. The van der Waals surface area contributed by atoms with Crippen LogP contribution in [0, 0.1) is 0 Å². The molecule has 0 radical (unpaired) electrons.